The van der Waals surface area contributed by atoms with Crippen LogP contribution in [0.3, 0.4) is 0 Å². The number of hydrogen-bond acceptors (Lipinski definition) is 3. The molecule has 0 fully saturated rings. The van der Waals surface area contributed by atoms with Gasteiger partial charge in [0.2, 0.25) is 0 Å². The highest BCUT2D eigenvalue weighted by Crippen LogP contribution is 2.03. The summed E-state index contributed by atoms with van der Waals surface area (Å²) in [5.74, 6) is -0.703. The van der Waals surface area contributed by atoms with Crippen molar-refractivity contribution in [1.29, 1.82) is 0 Å². The van der Waals surface area contributed by atoms with Gasteiger partial charge in [0.1, 0.15) is 0 Å². The second-order valence-electron chi connectivity index (χ2n) is 2.42. The van der Waals surface area contributed by atoms with Gasteiger partial charge in [0.25, 0.3) is 0 Å². The molecule has 1 aromatic rings. The summed E-state index contributed by atoms with van der Waals surface area (Å²) in [5, 5.41) is 0. The van der Waals surface area contributed by atoms with Crippen molar-refractivity contribution in [2.24, 2.45) is 7.05 Å². The fourth-order valence-electron chi connectivity index (χ4n) is 1.02. The summed E-state index contributed by atoms with van der Waals surface area (Å²) in [7, 11) is 1.50. The van der Waals surface area contributed by atoms with Crippen LogP contribution in [-0.2, 0) is 7.05 Å². The van der Waals surface area contributed by atoms with Crippen molar-refractivity contribution in [2.75, 3.05) is 0 Å². The maximum absolute atomic E-state index is 11.1. The number of aromatic nitrogens is 1. The van der Waals surface area contributed by atoms with Gasteiger partial charge < -0.3 is 4.42 Å². The monoisotopic (exact) mass is 179 g/mol. The number of rotatable bonds is 2. The van der Waals surface area contributed by atoms with Gasteiger partial charge in [0, 0.05) is 7.05 Å². The third-order valence-electron chi connectivity index (χ3n) is 1.71. The zero-order valence-corrected chi connectivity index (χ0v) is 7.24. The minimum Gasteiger partial charge on any atom is -0.372 e. The first-order valence-electron chi connectivity index (χ1n) is 3.60. The molecule has 0 saturated heterocycles. The van der Waals surface area contributed by atoms with Crippen LogP contribution in [0.25, 0.3) is 12.2 Å². The van der Waals surface area contributed by atoms with Crippen LogP contribution in [0.5, 0.6) is 0 Å². The van der Waals surface area contributed by atoms with E-state index in [4.69, 9.17) is 0 Å². The molecule has 0 N–H and O–H groups in total. The Morgan fingerprint density at radius 1 is 1.31 bits per heavy atom. The van der Waals surface area contributed by atoms with Gasteiger partial charge >= 0.3 is 11.4 Å². The largest absolute Gasteiger partial charge is 0.422 e. The van der Waals surface area contributed by atoms with E-state index in [1.165, 1.54) is 23.8 Å². The van der Waals surface area contributed by atoms with Crippen LogP contribution in [0, 0.1) is 0 Å². The Bertz CT molecular complexity index is 465. The molecule has 4 nitrogen and oxygen atoms in total. The van der Waals surface area contributed by atoms with Crippen LogP contribution in [-0.4, -0.2) is 4.57 Å². The van der Waals surface area contributed by atoms with Crippen molar-refractivity contribution < 1.29 is 4.42 Å². The van der Waals surface area contributed by atoms with Crippen molar-refractivity contribution >= 4 is 12.2 Å². The molecule has 0 aliphatic carbocycles. The normalized spacial score (nSPS) is 9.62. The maximum Gasteiger partial charge on any atom is 0.422 e. The minimum absolute atomic E-state index is 0.247. The van der Waals surface area contributed by atoms with E-state index in [1.807, 2.05) is 0 Å². The molecule has 0 bridgehead atoms. The van der Waals surface area contributed by atoms with Crippen molar-refractivity contribution in [1.82, 2.24) is 4.57 Å². The van der Waals surface area contributed by atoms with Crippen molar-refractivity contribution in [3.05, 3.63) is 45.4 Å². The average Bonchev–Trinajstić information content (AvgIpc) is 2.10. The van der Waals surface area contributed by atoms with Gasteiger partial charge in [-0.25, -0.2) is 9.59 Å². The predicted molar refractivity (Wildman–Crippen MR) is 50.4 cm³/mol. The molecule has 0 radical (unpaired) electrons. The van der Waals surface area contributed by atoms with E-state index in [0.717, 1.165) is 0 Å². The fourth-order valence-corrected chi connectivity index (χ4v) is 1.02. The van der Waals surface area contributed by atoms with Crippen molar-refractivity contribution in [3.63, 3.8) is 0 Å². The van der Waals surface area contributed by atoms with E-state index in [0.29, 0.717) is 5.69 Å². The Morgan fingerprint density at radius 2 is 1.92 bits per heavy atom. The fraction of sp³-hybridized carbons (Fsp3) is 0.111. The Kier molecular flexibility index (Phi) is 2.32. The Balaban J connectivity index is 3.81. The highest BCUT2D eigenvalue weighted by Gasteiger charge is 2.07. The maximum atomic E-state index is 11.1. The van der Waals surface area contributed by atoms with Gasteiger partial charge in [-0.1, -0.05) is 19.2 Å². The van der Waals surface area contributed by atoms with Gasteiger partial charge in [-0.3, -0.25) is 4.57 Å². The predicted octanol–water partition coefficient (Wildman–Crippen LogP) is 0.624. The zero-order valence-electron chi connectivity index (χ0n) is 7.24. The summed E-state index contributed by atoms with van der Waals surface area (Å²) >= 11 is 0. The molecule has 1 heterocycles. The lowest BCUT2D eigenvalue weighted by Crippen LogP contribution is -2.26. The average molecular weight is 179 g/mol. The number of hydrogen-bond donors (Lipinski definition) is 0. The minimum atomic E-state index is -0.703. The van der Waals surface area contributed by atoms with Crippen molar-refractivity contribution in [3.8, 4) is 0 Å². The van der Waals surface area contributed by atoms with E-state index in [1.54, 1.807) is 0 Å². The third-order valence-corrected chi connectivity index (χ3v) is 1.71. The van der Waals surface area contributed by atoms with Gasteiger partial charge in [0.15, 0.2) is 0 Å². The topological polar surface area (TPSA) is 52.2 Å². The molecule has 0 atom stereocenters. The van der Waals surface area contributed by atoms with Crippen LogP contribution in [0.1, 0.15) is 11.3 Å². The van der Waals surface area contributed by atoms with Crippen LogP contribution in [0.15, 0.2) is 27.2 Å². The molecule has 1 rings (SSSR count). The molecule has 0 amide bonds. The van der Waals surface area contributed by atoms with Gasteiger partial charge in [-0.05, 0) is 6.08 Å². The summed E-state index contributed by atoms with van der Waals surface area (Å²) in [4.78, 5) is 22.1. The lowest BCUT2D eigenvalue weighted by molar-refractivity contribution is 0.416. The highest BCUT2D eigenvalue weighted by atomic mass is 16.4. The van der Waals surface area contributed by atoms with E-state index < -0.39 is 11.4 Å². The second kappa shape index (κ2) is 3.26. The van der Waals surface area contributed by atoms with E-state index in [-0.39, 0.29) is 5.56 Å². The molecular formula is C9H9NO3. The standard InChI is InChI=1S/C9H9NO3/c1-4-6-7(5-2)10(3)9(12)13-8(6)11/h4-5H,1-2H2,3H3. The molecule has 0 saturated carbocycles. The lowest BCUT2D eigenvalue weighted by Gasteiger charge is -2.03. The smallest absolute Gasteiger partial charge is 0.372 e. The van der Waals surface area contributed by atoms with Gasteiger partial charge in [-0.15, -0.1) is 0 Å². The Morgan fingerprint density at radius 3 is 2.38 bits per heavy atom. The van der Waals surface area contributed by atoms with E-state index in [2.05, 4.69) is 17.6 Å². The first kappa shape index (κ1) is 9.25. The quantitative estimate of drug-likeness (QED) is 0.668. The van der Waals surface area contributed by atoms with Gasteiger partial charge in [-0.2, -0.15) is 0 Å². The Labute approximate surface area is 74.4 Å². The molecule has 0 aliphatic rings. The summed E-state index contributed by atoms with van der Waals surface area (Å²) < 4.78 is 5.61. The molecule has 13 heavy (non-hydrogen) atoms. The van der Waals surface area contributed by atoms with Crippen LogP contribution in [0.4, 0.5) is 0 Å². The summed E-state index contributed by atoms with van der Waals surface area (Å²) in [5.41, 5.74) is -0.0265. The highest BCUT2D eigenvalue weighted by molar-refractivity contribution is 5.59. The first-order chi connectivity index (χ1) is 6.11. The Hall–Kier alpha value is -1.84. The summed E-state index contributed by atoms with van der Waals surface area (Å²) in [6.45, 7) is 6.94. The molecule has 0 spiro atoms. The molecular weight excluding hydrogens is 170 g/mol. The molecule has 0 aliphatic heterocycles. The van der Waals surface area contributed by atoms with Crippen LogP contribution >= 0.6 is 0 Å². The summed E-state index contributed by atoms with van der Waals surface area (Å²) in [6, 6.07) is 0. The zero-order chi connectivity index (χ0) is 10.0. The molecule has 4 heteroatoms. The lowest BCUT2D eigenvalue weighted by atomic mass is 10.2. The van der Waals surface area contributed by atoms with Crippen LogP contribution in [0.2, 0.25) is 0 Å². The first-order valence-corrected chi connectivity index (χ1v) is 3.60. The molecule has 68 valence electrons. The van der Waals surface area contributed by atoms with Crippen molar-refractivity contribution in [2.45, 2.75) is 0 Å². The number of nitrogens with zero attached hydrogens (tertiary/aromatic N) is 1. The molecule has 0 aromatic carbocycles. The van der Waals surface area contributed by atoms with E-state index >= 15 is 0 Å². The SMILES string of the molecule is C=Cc1c(C=C)n(C)c(=O)oc1=O. The summed E-state index contributed by atoms with van der Waals surface area (Å²) in [6.07, 6.45) is 2.75. The molecule has 0 unspecified atom stereocenters. The third kappa shape index (κ3) is 1.38. The van der Waals surface area contributed by atoms with Gasteiger partial charge in [0.05, 0.1) is 11.3 Å². The second-order valence-corrected chi connectivity index (χ2v) is 2.42. The van der Waals surface area contributed by atoms with E-state index in [9.17, 15) is 9.59 Å². The molecule has 1 aromatic heterocycles. The van der Waals surface area contributed by atoms with Crippen LogP contribution < -0.4 is 11.4 Å².